The third-order valence-electron chi connectivity index (χ3n) is 5.09. The first-order chi connectivity index (χ1) is 13.9. The second-order valence-corrected chi connectivity index (χ2v) is 7.52. The molecule has 1 aliphatic heterocycles. The minimum absolute atomic E-state index is 0.00297. The van der Waals surface area contributed by atoms with Crippen molar-refractivity contribution in [2.24, 2.45) is 5.92 Å². The zero-order valence-corrected chi connectivity index (χ0v) is 17.1. The van der Waals surface area contributed by atoms with Crippen LogP contribution in [0, 0.1) is 12.8 Å². The predicted molar refractivity (Wildman–Crippen MR) is 111 cm³/mol. The molecule has 0 saturated carbocycles. The van der Waals surface area contributed by atoms with Crippen molar-refractivity contribution in [1.82, 2.24) is 14.7 Å². The summed E-state index contributed by atoms with van der Waals surface area (Å²) in [5.41, 5.74) is 2.27. The van der Waals surface area contributed by atoms with E-state index in [1.54, 1.807) is 36.0 Å². The summed E-state index contributed by atoms with van der Waals surface area (Å²) in [5, 5.41) is 9.17. The maximum Gasteiger partial charge on any atom is 0.314 e. The minimum Gasteiger partial charge on any atom is -0.338 e. The monoisotopic (exact) mass is 397 g/mol. The fourth-order valence-electron chi connectivity index (χ4n) is 3.46. The third kappa shape index (κ3) is 5.01. The number of aryl methyl sites for hydroxylation is 2. The molecule has 0 bridgehead atoms. The fraction of sp³-hybridized carbons (Fsp3) is 0.429. The second-order valence-electron chi connectivity index (χ2n) is 7.52. The average molecular weight is 397 g/mol. The van der Waals surface area contributed by atoms with Crippen molar-refractivity contribution in [3.8, 4) is 0 Å². The highest BCUT2D eigenvalue weighted by molar-refractivity contribution is 6.43. The van der Waals surface area contributed by atoms with Crippen LogP contribution >= 0.6 is 0 Å². The number of carbonyl (C=O) groups is 3. The third-order valence-corrected chi connectivity index (χ3v) is 5.09. The number of carbonyl (C=O) groups excluding carboxylic acids is 3. The van der Waals surface area contributed by atoms with E-state index >= 15 is 0 Å². The molecule has 8 nitrogen and oxygen atoms in total. The molecule has 1 aromatic heterocycles. The van der Waals surface area contributed by atoms with E-state index in [-0.39, 0.29) is 5.91 Å². The largest absolute Gasteiger partial charge is 0.338 e. The normalized spacial score (nSPS) is 16.4. The predicted octanol–water partition coefficient (Wildman–Crippen LogP) is 2.66. The lowest BCUT2D eigenvalue weighted by Gasteiger charge is -2.31. The summed E-state index contributed by atoms with van der Waals surface area (Å²) in [7, 11) is 0. The highest BCUT2D eigenvalue weighted by Crippen LogP contribution is 2.21. The van der Waals surface area contributed by atoms with Crippen LogP contribution in [0.15, 0.2) is 30.6 Å². The molecule has 1 unspecified atom stereocenters. The zero-order valence-electron chi connectivity index (χ0n) is 17.1. The Balaban J connectivity index is 1.62. The Kier molecular flexibility index (Phi) is 6.31. The molecule has 0 spiro atoms. The van der Waals surface area contributed by atoms with Gasteiger partial charge in [-0.1, -0.05) is 6.92 Å². The first-order valence-electron chi connectivity index (χ1n) is 9.92. The molecule has 1 saturated heterocycles. The Morgan fingerprint density at radius 3 is 2.62 bits per heavy atom. The highest BCUT2D eigenvalue weighted by Gasteiger charge is 2.23. The molecule has 3 rings (SSSR count). The minimum atomic E-state index is -0.777. The number of nitrogens with zero attached hydrogens (tertiary/aromatic N) is 3. The lowest BCUT2D eigenvalue weighted by molar-refractivity contribution is -0.133. The molecule has 0 radical (unpaired) electrons. The summed E-state index contributed by atoms with van der Waals surface area (Å²) in [4.78, 5) is 39.0. The van der Waals surface area contributed by atoms with Gasteiger partial charge in [-0.25, -0.2) is 0 Å². The fourth-order valence-corrected chi connectivity index (χ4v) is 3.46. The number of anilines is 2. The molecular formula is C21H27N5O3. The Bertz CT molecular complexity index is 921. The summed E-state index contributed by atoms with van der Waals surface area (Å²) in [6, 6.07) is 5.10. The maximum absolute atomic E-state index is 12.7. The number of piperidine rings is 1. The van der Waals surface area contributed by atoms with Crippen LogP contribution in [0.3, 0.4) is 0 Å². The lowest BCUT2D eigenvalue weighted by atomic mass is 9.99. The summed E-state index contributed by atoms with van der Waals surface area (Å²) in [6.07, 6.45) is 5.31. The number of nitrogens with one attached hydrogen (secondary N) is 2. The van der Waals surface area contributed by atoms with Crippen LogP contribution in [0.2, 0.25) is 0 Å². The molecule has 1 fully saturated rings. The molecule has 0 aliphatic carbocycles. The van der Waals surface area contributed by atoms with Crippen LogP contribution < -0.4 is 10.6 Å². The van der Waals surface area contributed by atoms with E-state index in [2.05, 4.69) is 22.7 Å². The first-order valence-corrected chi connectivity index (χ1v) is 9.92. The zero-order chi connectivity index (χ0) is 21.0. The summed E-state index contributed by atoms with van der Waals surface area (Å²) < 4.78 is 1.65. The van der Waals surface area contributed by atoms with Crippen molar-refractivity contribution in [2.45, 2.75) is 40.2 Å². The van der Waals surface area contributed by atoms with Gasteiger partial charge in [0, 0.05) is 37.1 Å². The Morgan fingerprint density at radius 1 is 1.21 bits per heavy atom. The van der Waals surface area contributed by atoms with Crippen molar-refractivity contribution in [1.29, 1.82) is 0 Å². The smallest absolute Gasteiger partial charge is 0.314 e. The van der Waals surface area contributed by atoms with E-state index in [1.165, 1.54) is 6.20 Å². The van der Waals surface area contributed by atoms with Crippen molar-refractivity contribution >= 4 is 29.1 Å². The van der Waals surface area contributed by atoms with Crippen molar-refractivity contribution in [3.63, 3.8) is 0 Å². The molecule has 1 aliphatic rings. The topological polar surface area (TPSA) is 96.3 Å². The van der Waals surface area contributed by atoms with Gasteiger partial charge in [0.25, 0.3) is 5.91 Å². The number of hydrogen-bond acceptors (Lipinski definition) is 4. The van der Waals surface area contributed by atoms with Gasteiger partial charge in [0.15, 0.2) is 0 Å². The first kappa shape index (κ1) is 20.6. The molecule has 3 amide bonds. The maximum atomic E-state index is 12.7. The van der Waals surface area contributed by atoms with Gasteiger partial charge in [-0.05, 0) is 56.4 Å². The van der Waals surface area contributed by atoms with Gasteiger partial charge in [-0.15, -0.1) is 0 Å². The van der Waals surface area contributed by atoms with Crippen LogP contribution in [-0.2, 0) is 16.1 Å². The van der Waals surface area contributed by atoms with Crippen molar-refractivity contribution in [3.05, 3.63) is 41.7 Å². The van der Waals surface area contributed by atoms with Gasteiger partial charge < -0.3 is 15.5 Å². The summed E-state index contributed by atoms with van der Waals surface area (Å²) in [5.74, 6) is -1.04. The number of hydrogen-bond donors (Lipinski definition) is 2. The van der Waals surface area contributed by atoms with Gasteiger partial charge in [0.05, 0.1) is 11.9 Å². The van der Waals surface area contributed by atoms with E-state index in [1.807, 2.05) is 11.8 Å². The van der Waals surface area contributed by atoms with Crippen LogP contribution in [0.1, 0.15) is 42.6 Å². The van der Waals surface area contributed by atoms with E-state index < -0.39 is 11.8 Å². The van der Waals surface area contributed by atoms with Crippen LogP contribution in [0.4, 0.5) is 11.4 Å². The Hall–Kier alpha value is -3.16. The van der Waals surface area contributed by atoms with E-state index in [0.717, 1.165) is 31.5 Å². The molecule has 2 N–H and O–H groups in total. The van der Waals surface area contributed by atoms with Crippen LogP contribution in [-0.4, -0.2) is 45.5 Å². The molecule has 8 heteroatoms. The van der Waals surface area contributed by atoms with E-state index in [4.69, 9.17) is 0 Å². The van der Waals surface area contributed by atoms with Crippen molar-refractivity contribution in [2.75, 3.05) is 23.7 Å². The van der Waals surface area contributed by atoms with Crippen LogP contribution in [0.25, 0.3) is 0 Å². The lowest BCUT2D eigenvalue weighted by Crippen LogP contribution is -2.39. The molecule has 1 atom stereocenters. The number of benzene rings is 1. The second kappa shape index (κ2) is 8.89. The number of aromatic nitrogens is 2. The number of likely N-dealkylation sites (tertiary alicyclic amines) is 1. The van der Waals surface area contributed by atoms with Gasteiger partial charge in [0.1, 0.15) is 0 Å². The Labute approximate surface area is 170 Å². The van der Waals surface area contributed by atoms with Gasteiger partial charge in [-0.2, -0.15) is 5.10 Å². The van der Waals surface area contributed by atoms with E-state index in [0.29, 0.717) is 29.4 Å². The van der Waals surface area contributed by atoms with Crippen LogP contribution in [0.5, 0.6) is 0 Å². The summed E-state index contributed by atoms with van der Waals surface area (Å²) in [6.45, 7) is 8.09. The molecule has 29 heavy (non-hydrogen) atoms. The number of rotatable bonds is 4. The quantitative estimate of drug-likeness (QED) is 0.775. The molecule has 154 valence electrons. The molecule has 2 aromatic rings. The van der Waals surface area contributed by atoms with Gasteiger partial charge in [0.2, 0.25) is 0 Å². The molecular weight excluding hydrogens is 370 g/mol. The van der Waals surface area contributed by atoms with E-state index in [9.17, 15) is 14.4 Å². The average Bonchev–Trinajstić information content (AvgIpc) is 3.16. The van der Waals surface area contributed by atoms with Crippen molar-refractivity contribution < 1.29 is 14.4 Å². The SMILES string of the molecule is CCn1cc(NC(=O)C(=O)Nc2ccc(C(=O)N3CCCC(C)C3)cc2C)cn1. The van der Waals surface area contributed by atoms with Gasteiger partial charge in [-0.3, -0.25) is 19.1 Å². The Morgan fingerprint density at radius 2 is 1.97 bits per heavy atom. The molecule has 2 heterocycles. The number of amides is 3. The standard InChI is InChI=1S/C21H27N5O3/c1-4-26-13-17(11-22-26)23-19(27)20(28)24-18-8-7-16(10-15(18)3)21(29)25-9-5-6-14(2)12-25/h7-8,10-11,13-14H,4-6,9,12H2,1-3H3,(H,23,27)(H,24,28). The van der Waals surface area contributed by atoms with Gasteiger partial charge >= 0.3 is 11.8 Å². The molecule has 1 aromatic carbocycles. The highest BCUT2D eigenvalue weighted by atomic mass is 16.2. The summed E-state index contributed by atoms with van der Waals surface area (Å²) >= 11 is 0.